The Labute approximate surface area is 184 Å². The number of nitrogens with one attached hydrogen (secondary N) is 1. The van der Waals surface area contributed by atoms with Crippen LogP contribution in [0, 0.1) is 0 Å². The second-order valence-corrected chi connectivity index (χ2v) is 7.64. The van der Waals surface area contributed by atoms with Gasteiger partial charge in [0.1, 0.15) is 5.76 Å². The number of fused-ring (bicyclic) bond motifs is 1. The molecule has 1 fully saturated rings. The molecule has 162 valence electrons. The van der Waals surface area contributed by atoms with Crippen molar-refractivity contribution in [1.82, 2.24) is 4.90 Å². The van der Waals surface area contributed by atoms with E-state index in [9.17, 15) is 14.4 Å². The fraction of sp³-hybridized carbons (Fsp3) is 0.208. The van der Waals surface area contributed by atoms with Crippen LogP contribution in [-0.4, -0.2) is 48.9 Å². The molecule has 5 rings (SSSR count). The van der Waals surface area contributed by atoms with Gasteiger partial charge in [0.15, 0.2) is 0 Å². The van der Waals surface area contributed by atoms with Crippen LogP contribution < -0.4 is 10.2 Å². The van der Waals surface area contributed by atoms with Crippen LogP contribution in [0.5, 0.6) is 0 Å². The van der Waals surface area contributed by atoms with Crippen molar-refractivity contribution in [1.29, 1.82) is 0 Å². The number of hydrogen-bond donors (Lipinski definition) is 1. The Kier molecular flexibility index (Phi) is 5.20. The molecule has 0 unspecified atom stereocenters. The zero-order chi connectivity index (χ0) is 22.1. The van der Waals surface area contributed by atoms with Gasteiger partial charge in [-0.05, 0) is 54.6 Å². The molecule has 3 aromatic rings. The number of carbonyl (C=O) groups excluding carboxylic acids is 3. The molecule has 2 aliphatic heterocycles. The molecule has 8 nitrogen and oxygen atoms in total. The summed E-state index contributed by atoms with van der Waals surface area (Å²) in [5, 5.41) is 2.85. The Morgan fingerprint density at radius 3 is 2.41 bits per heavy atom. The molecule has 0 bridgehead atoms. The monoisotopic (exact) mass is 431 g/mol. The number of benzene rings is 2. The van der Waals surface area contributed by atoms with Gasteiger partial charge in [-0.2, -0.15) is 0 Å². The van der Waals surface area contributed by atoms with Crippen LogP contribution in [0.25, 0.3) is 0 Å². The van der Waals surface area contributed by atoms with Crippen molar-refractivity contribution < 1.29 is 23.5 Å². The predicted molar refractivity (Wildman–Crippen MR) is 117 cm³/mol. The minimum Gasteiger partial charge on any atom is -0.467 e. The highest BCUT2D eigenvalue weighted by Gasteiger charge is 2.36. The molecule has 8 heteroatoms. The Balaban J connectivity index is 1.29. The number of amides is 3. The van der Waals surface area contributed by atoms with Gasteiger partial charge >= 0.3 is 0 Å². The van der Waals surface area contributed by atoms with Gasteiger partial charge in [-0.15, -0.1) is 0 Å². The van der Waals surface area contributed by atoms with Crippen LogP contribution in [0.2, 0.25) is 0 Å². The molecule has 1 aromatic heterocycles. The number of anilines is 2. The lowest BCUT2D eigenvalue weighted by Gasteiger charge is -2.28. The van der Waals surface area contributed by atoms with E-state index in [2.05, 4.69) is 10.2 Å². The summed E-state index contributed by atoms with van der Waals surface area (Å²) in [5.74, 6) is -0.673. The average molecular weight is 431 g/mol. The van der Waals surface area contributed by atoms with Crippen LogP contribution in [0.3, 0.4) is 0 Å². The number of rotatable bonds is 5. The van der Waals surface area contributed by atoms with Crippen LogP contribution in [-0.2, 0) is 11.3 Å². The largest absolute Gasteiger partial charge is 0.467 e. The molecule has 0 spiro atoms. The highest BCUT2D eigenvalue weighted by atomic mass is 16.5. The average Bonchev–Trinajstić information content (AvgIpc) is 3.43. The zero-order valence-electron chi connectivity index (χ0n) is 17.2. The van der Waals surface area contributed by atoms with Crippen molar-refractivity contribution in [3.05, 3.63) is 83.3 Å². The van der Waals surface area contributed by atoms with Gasteiger partial charge in [-0.3, -0.25) is 19.3 Å². The number of ether oxygens (including phenoxy) is 1. The van der Waals surface area contributed by atoms with Crippen molar-refractivity contribution in [2.45, 2.75) is 6.54 Å². The number of imide groups is 1. The molecular weight excluding hydrogens is 410 g/mol. The second kappa shape index (κ2) is 8.32. The third-order valence-corrected chi connectivity index (χ3v) is 5.63. The van der Waals surface area contributed by atoms with Crippen molar-refractivity contribution in [3.8, 4) is 0 Å². The lowest BCUT2D eigenvalue weighted by Crippen LogP contribution is -2.36. The highest BCUT2D eigenvalue weighted by molar-refractivity contribution is 6.22. The zero-order valence-corrected chi connectivity index (χ0v) is 17.2. The van der Waals surface area contributed by atoms with Crippen LogP contribution >= 0.6 is 0 Å². The Hall–Kier alpha value is -3.91. The van der Waals surface area contributed by atoms with E-state index in [-0.39, 0.29) is 23.6 Å². The van der Waals surface area contributed by atoms with Gasteiger partial charge in [-0.1, -0.05) is 0 Å². The van der Waals surface area contributed by atoms with Crippen molar-refractivity contribution in [2.75, 3.05) is 36.5 Å². The van der Waals surface area contributed by atoms with E-state index in [0.717, 1.165) is 23.7 Å². The number of furan rings is 1. The van der Waals surface area contributed by atoms with E-state index < -0.39 is 11.8 Å². The quantitative estimate of drug-likeness (QED) is 0.624. The summed E-state index contributed by atoms with van der Waals surface area (Å²) in [5.41, 5.74) is 2.53. The highest BCUT2D eigenvalue weighted by Crippen LogP contribution is 2.26. The van der Waals surface area contributed by atoms with Crippen LogP contribution in [0.1, 0.15) is 36.8 Å². The number of nitrogens with zero attached hydrogens (tertiary/aromatic N) is 2. The summed E-state index contributed by atoms with van der Waals surface area (Å²) in [6, 6.07) is 15.5. The summed E-state index contributed by atoms with van der Waals surface area (Å²) < 4.78 is 10.6. The van der Waals surface area contributed by atoms with Crippen molar-refractivity contribution in [3.63, 3.8) is 0 Å². The predicted octanol–water partition coefficient (Wildman–Crippen LogP) is 3.16. The van der Waals surface area contributed by atoms with Crippen LogP contribution in [0.4, 0.5) is 11.4 Å². The lowest BCUT2D eigenvalue weighted by atomic mass is 10.1. The third-order valence-electron chi connectivity index (χ3n) is 5.63. The van der Waals surface area contributed by atoms with E-state index in [0.29, 0.717) is 30.2 Å². The number of morpholine rings is 1. The molecule has 1 N–H and O–H groups in total. The van der Waals surface area contributed by atoms with E-state index in [1.54, 1.807) is 18.2 Å². The van der Waals surface area contributed by atoms with Crippen LogP contribution in [0.15, 0.2) is 65.3 Å². The van der Waals surface area contributed by atoms with E-state index >= 15 is 0 Å². The summed E-state index contributed by atoms with van der Waals surface area (Å²) in [6.07, 6.45) is 1.49. The van der Waals surface area contributed by atoms with E-state index in [4.69, 9.17) is 9.15 Å². The molecule has 0 radical (unpaired) electrons. The molecule has 0 atom stereocenters. The Morgan fingerprint density at radius 2 is 1.69 bits per heavy atom. The SMILES string of the molecule is O=C(Nc1ccc(N2CCOCC2)cc1)c1ccc2c(c1)C(=O)N(Cc1ccco1)C2=O. The maximum atomic E-state index is 12.8. The van der Waals surface area contributed by atoms with Gasteiger partial charge < -0.3 is 19.4 Å². The first kappa shape index (κ1) is 20.0. The fourth-order valence-corrected chi connectivity index (χ4v) is 3.91. The van der Waals surface area contributed by atoms with Gasteiger partial charge in [0.05, 0.1) is 37.1 Å². The maximum absolute atomic E-state index is 12.8. The van der Waals surface area contributed by atoms with Gasteiger partial charge in [0, 0.05) is 30.0 Å². The fourth-order valence-electron chi connectivity index (χ4n) is 3.91. The van der Waals surface area contributed by atoms with Crippen molar-refractivity contribution >= 4 is 29.1 Å². The van der Waals surface area contributed by atoms with Gasteiger partial charge in [0.2, 0.25) is 0 Å². The molecule has 3 heterocycles. The lowest BCUT2D eigenvalue weighted by molar-refractivity contribution is 0.0631. The molecule has 2 aromatic carbocycles. The summed E-state index contributed by atoms with van der Waals surface area (Å²) in [7, 11) is 0. The molecule has 0 aliphatic carbocycles. The summed E-state index contributed by atoms with van der Waals surface area (Å²) in [6.45, 7) is 3.14. The first-order chi connectivity index (χ1) is 15.6. The second-order valence-electron chi connectivity index (χ2n) is 7.64. The Bertz CT molecular complexity index is 1160. The van der Waals surface area contributed by atoms with Crippen molar-refractivity contribution in [2.24, 2.45) is 0 Å². The maximum Gasteiger partial charge on any atom is 0.261 e. The first-order valence-electron chi connectivity index (χ1n) is 10.4. The molecular formula is C24H21N3O5. The van der Waals surface area contributed by atoms with Gasteiger partial charge in [0.25, 0.3) is 17.7 Å². The third kappa shape index (κ3) is 3.76. The first-order valence-corrected chi connectivity index (χ1v) is 10.4. The molecule has 1 saturated heterocycles. The molecule has 2 aliphatic rings. The molecule has 0 saturated carbocycles. The normalized spacial score (nSPS) is 15.8. The standard InChI is InChI=1S/C24H21N3O5/c28-22(25-17-4-6-18(7-5-17)26-9-12-31-13-10-26)16-3-8-20-21(14-16)24(30)27(23(20)29)15-19-2-1-11-32-19/h1-8,11,14H,9-10,12-13,15H2,(H,25,28). The molecule has 3 amide bonds. The minimum atomic E-state index is -0.439. The smallest absolute Gasteiger partial charge is 0.261 e. The van der Waals surface area contributed by atoms with E-state index in [1.807, 2.05) is 24.3 Å². The topological polar surface area (TPSA) is 92.1 Å². The Morgan fingerprint density at radius 1 is 0.938 bits per heavy atom. The van der Waals surface area contributed by atoms with Gasteiger partial charge in [-0.25, -0.2) is 0 Å². The number of carbonyl (C=O) groups is 3. The minimum absolute atomic E-state index is 0.0520. The summed E-state index contributed by atoms with van der Waals surface area (Å²) in [4.78, 5) is 41.5. The summed E-state index contributed by atoms with van der Waals surface area (Å²) >= 11 is 0. The number of hydrogen-bond acceptors (Lipinski definition) is 6. The van der Waals surface area contributed by atoms with E-state index in [1.165, 1.54) is 18.4 Å². The molecule has 32 heavy (non-hydrogen) atoms.